The van der Waals surface area contributed by atoms with E-state index >= 15 is 0 Å². The molecule has 0 spiro atoms. The Balaban J connectivity index is 1.94. The number of hydrogen-bond acceptors (Lipinski definition) is 12. The van der Waals surface area contributed by atoms with Gasteiger partial charge in [-0.2, -0.15) is 0 Å². The Labute approximate surface area is 179 Å². The van der Waals surface area contributed by atoms with Gasteiger partial charge in [0.15, 0.2) is 6.29 Å². The summed E-state index contributed by atoms with van der Waals surface area (Å²) in [6.07, 6.45) is -8.81. The van der Waals surface area contributed by atoms with Gasteiger partial charge in [-0.1, -0.05) is 12.8 Å². The molecule has 0 aromatic rings. The molecule has 178 valence electrons. The number of thioether (sulfide) groups is 1. The molecule has 2 heterocycles. The Morgan fingerprint density at radius 3 is 2.03 bits per heavy atom. The third-order valence-corrected chi connectivity index (χ3v) is 6.58. The predicted molar refractivity (Wildman–Crippen MR) is 106 cm³/mol. The highest BCUT2D eigenvalue weighted by atomic mass is 32.2. The van der Waals surface area contributed by atoms with E-state index in [2.05, 4.69) is 0 Å². The summed E-state index contributed by atoms with van der Waals surface area (Å²) in [5, 5.41) is 69.8. The first kappa shape index (κ1) is 26.2. The van der Waals surface area contributed by atoms with Crippen LogP contribution in [0.1, 0.15) is 25.7 Å². The van der Waals surface area contributed by atoms with Gasteiger partial charge in [-0.25, -0.2) is 0 Å². The summed E-state index contributed by atoms with van der Waals surface area (Å²) in [6, 6.07) is 0. The van der Waals surface area contributed by atoms with E-state index in [1.165, 1.54) is 11.8 Å². The van der Waals surface area contributed by atoms with Crippen molar-refractivity contribution in [2.75, 3.05) is 25.5 Å². The number of nitrogens with two attached hydrogens (primary N) is 1. The molecule has 2 aliphatic heterocycles. The molecule has 0 amide bonds. The van der Waals surface area contributed by atoms with E-state index in [0.29, 0.717) is 12.3 Å². The predicted octanol–water partition coefficient (Wildman–Crippen LogP) is -3.14. The number of hydrogen-bond donors (Lipinski definition) is 8. The van der Waals surface area contributed by atoms with Gasteiger partial charge in [0, 0.05) is 0 Å². The molecule has 12 heteroatoms. The van der Waals surface area contributed by atoms with Crippen molar-refractivity contribution in [2.24, 2.45) is 5.73 Å². The fraction of sp³-hybridized carbons (Fsp3) is 1.00. The highest BCUT2D eigenvalue weighted by Crippen LogP contribution is 2.33. The molecule has 0 bridgehead atoms. The van der Waals surface area contributed by atoms with Crippen molar-refractivity contribution in [3.8, 4) is 0 Å². The number of ether oxygens (including phenoxy) is 3. The van der Waals surface area contributed by atoms with E-state index in [-0.39, 0.29) is 0 Å². The van der Waals surface area contributed by atoms with Crippen molar-refractivity contribution < 1.29 is 50.0 Å². The van der Waals surface area contributed by atoms with Crippen molar-refractivity contribution in [2.45, 2.75) is 86.2 Å². The molecule has 11 nitrogen and oxygen atoms in total. The fourth-order valence-electron chi connectivity index (χ4n) is 3.49. The molecular weight excluding hydrogens is 422 g/mol. The molecule has 2 saturated heterocycles. The number of rotatable bonds is 11. The van der Waals surface area contributed by atoms with Gasteiger partial charge in [0.05, 0.1) is 13.2 Å². The van der Waals surface area contributed by atoms with E-state index in [1.807, 2.05) is 0 Å². The third kappa shape index (κ3) is 6.47. The lowest BCUT2D eigenvalue weighted by atomic mass is 9.97. The van der Waals surface area contributed by atoms with Crippen molar-refractivity contribution >= 4 is 11.8 Å². The van der Waals surface area contributed by atoms with Crippen molar-refractivity contribution in [3.63, 3.8) is 0 Å². The van der Waals surface area contributed by atoms with Crippen molar-refractivity contribution in [3.05, 3.63) is 0 Å². The summed E-state index contributed by atoms with van der Waals surface area (Å²) < 4.78 is 16.5. The van der Waals surface area contributed by atoms with E-state index in [9.17, 15) is 35.7 Å². The SMILES string of the molecule is NCCCCCCS[C@H]1O[C@H](CO)[C@@H](O[C@H]2O[C@H](CO)[C@@H](O)[C@H](O)[C@@H]2O)[C@H](O)[C@@H]1O. The standard InChI is InChI=1S/C18H35NO10S/c19-5-3-1-2-4-6-30-18-15(26)13(24)16(10(8-21)28-18)29-17-14(25)12(23)11(22)9(7-20)27-17/h9-18,20-26H,1-8,19H2/t9-,10-,11-,12+,13-,14+,15+,16-,17-,18-/m1/s1. The van der Waals surface area contributed by atoms with E-state index < -0.39 is 73.8 Å². The van der Waals surface area contributed by atoms with Gasteiger partial charge in [0.1, 0.15) is 54.3 Å². The normalized spacial score (nSPS) is 42.4. The van der Waals surface area contributed by atoms with Crippen LogP contribution in [0, 0.1) is 0 Å². The minimum absolute atomic E-state index is 0.528. The summed E-state index contributed by atoms with van der Waals surface area (Å²) in [5.41, 5.74) is 4.68. The molecule has 10 atom stereocenters. The van der Waals surface area contributed by atoms with E-state index in [1.54, 1.807) is 0 Å². The maximum atomic E-state index is 10.5. The summed E-state index contributed by atoms with van der Waals surface area (Å²) >= 11 is 1.32. The molecule has 0 aromatic carbocycles. The zero-order valence-corrected chi connectivity index (χ0v) is 17.6. The van der Waals surface area contributed by atoms with Crippen molar-refractivity contribution in [1.29, 1.82) is 0 Å². The number of unbranched alkanes of at least 4 members (excludes halogenated alkanes) is 3. The van der Waals surface area contributed by atoms with Crippen LogP contribution in [-0.2, 0) is 14.2 Å². The molecule has 0 aliphatic carbocycles. The lowest BCUT2D eigenvalue weighted by Gasteiger charge is -2.46. The van der Waals surface area contributed by atoms with Crippen LogP contribution in [0.2, 0.25) is 0 Å². The van der Waals surface area contributed by atoms with Crippen LogP contribution in [0.5, 0.6) is 0 Å². The van der Waals surface area contributed by atoms with Crippen LogP contribution in [0.15, 0.2) is 0 Å². The highest BCUT2D eigenvalue weighted by molar-refractivity contribution is 7.99. The first-order valence-corrected chi connectivity index (χ1v) is 11.3. The lowest BCUT2D eigenvalue weighted by Crippen LogP contribution is -2.64. The quantitative estimate of drug-likeness (QED) is 0.145. The highest BCUT2D eigenvalue weighted by Gasteiger charge is 2.50. The van der Waals surface area contributed by atoms with Crippen LogP contribution >= 0.6 is 11.8 Å². The average molecular weight is 458 g/mol. The Morgan fingerprint density at radius 1 is 0.733 bits per heavy atom. The Hall–Kier alpha value is -0.0900. The van der Waals surface area contributed by atoms with E-state index in [4.69, 9.17) is 19.9 Å². The van der Waals surface area contributed by atoms with Crippen LogP contribution in [0.3, 0.4) is 0 Å². The smallest absolute Gasteiger partial charge is 0.187 e. The summed E-state index contributed by atoms with van der Waals surface area (Å²) in [6.45, 7) is -0.512. The lowest BCUT2D eigenvalue weighted by molar-refractivity contribution is -0.338. The molecule has 0 unspecified atom stereocenters. The monoisotopic (exact) mass is 457 g/mol. The van der Waals surface area contributed by atoms with Crippen LogP contribution < -0.4 is 5.73 Å². The summed E-state index contributed by atoms with van der Waals surface area (Å²) in [5.74, 6) is 0.690. The van der Waals surface area contributed by atoms with Gasteiger partial charge in [0.25, 0.3) is 0 Å². The second-order valence-electron chi connectivity index (χ2n) is 7.58. The second kappa shape index (κ2) is 12.8. The fourth-order valence-corrected chi connectivity index (χ4v) is 4.68. The second-order valence-corrected chi connectivity index (χ2v) is 8.78. The minimum atomic E-state index is -1.67. The van der Waals surface area contributed by atoms with Crippen LogP contribution in [0.4, 0.5) is 0 Å². The molecule has 0 aromatic heterocycles. The van der Waals surface area contributed by atoms with E-state index in [0.717, 1.165) is 25.7 Å². The number of aliphatic hydroxyl groups is 7. The molecule has 0 radical (unpaired) electrons. The van der Waals surface area contributed by atoms with Gasteiger partial charge in [0.2, 0.25) is 0 Å². The summed E-state index contributed by atoms with van der Waals surface area (Å²) in [4.78, 5) is 0. The third-order valence-electron chi connectivity index (χ3n) is 5.34. The summed E-state index contributed by atoms with van der Waals surface area (Å²) in [7, 11) is 0. The first-order valence-electron chi connectivity index (χ1n) is 10.3. The molecule has 2 fully saturated rings. The van der Waals surface area contributed by atoms with Crippen LogP contribution in [-0.4, -0.2) is 122 Å². The van der Waals surface area contributed by atoms with Gasteiger partial charge in [-0.05, 0) is 25.1 Å². The molecular formula is C18H35NO10S. The van der Waals surface area contributed by atoms with Crippen LogP contribution in [0.25, 0.3) is 0 Å². The zero-order chi connectivity index (χ0) is 22.3. The van der Waals surface area contributed by atoms with Crippen molar-refractivity contribution in [1.82, 2.24) is 0 Å². The van der Waals surface area contributed by atoms with Gasteiger partial charge < -0.3 is 55.7 Å². The maximum absolute atomic E-state index is 10.5. The maximum Gasteiger partial charge on any atom is 0.187 e. The Morgan fingerprint density at radius 2 is 1.40 bits per heavy atom. The Kier molecular flexibility index (Phi) is 11.2. The zero-order valence-electron chi connectivity index (χ0n) is 16.8. The largest absolute Gasteiger partial charge is 0.394 e. The van der Waals surface area contributed by atoms with Gasteiger partial charge in [-0.15, -0.1) is 11.8 Å². The topological polar surface area (TPSA) is 195 Å². The first-order chi connectivity index (χ1) is 14.3. The number of aliphatic hydroxyl groups excluding tert-OH is 7. The molecule has 9 N–H and O–H groups in total. The molecule has 2 aliphatic rings. The molecule has 30 heavy (non-hydrogen) atoms. The van der Waals surface area contributed by atoms with Gasteiger partial charge in [-0.3, -0.25) is 0 Å². The average Bonchev–Trinajstić information content (AvgIpc) is 2.75. The molecule has 2 rings (SSSR count). The Bertz CT molecular complexity index is 488. The minimum Gasteiger partial charge on any atom is -0.394 e. The van der Waals surface area contributed by atoms with Gasteiger partial charge >= 0.3 is 0 Å². The molecule has 0 saturated carbocycles.